The molecule has 4 N–H and O–H groups in total. The maximum atomic E-state index is 11.5. The number of hydrogen-bond acceptors (Lipinski definition) is 4. The first-order valence-electron chi connectivity index (χ1n) is 9.13. The standard InChI is InChI=1S/C19H26NO4PS/c1-2-6-14-15-8-3-4-9-17(15)19(24-25(21,22)23)18(20)16(14)11-10-13-7-5-12-26-13/h5,7,12H,2-4,6,8-11,20H2,1H3,(H2,21,22,23). The van der Waals surface area contributed by atoms with Gasteiger partial charge in [-0.1, -0.05) is 19.4 Å². The maximum absolute atomic E-state index is 11.5. The van der Waals surface area contributed by atoms with E-state index in [9.17, 15) is 14.4 Å². The molecule has 2 aromatic rings. The van der Waals surface area contributed by atoms with Crippen molar-refractivity contribution in [2.75, 3.05) is 5.73 Å². The van der Waals surface area contributed by atoms with Gasteiger partial charge < -0.3 is 10.3 Å². The molecule has 1 aromatic heterocycles. The number of hydrogen-bond donors (Lipinski definition) is 3. The van der Waals surface area contributed by atoms with E-state index in [1.807, 2.05) is 6.07 Å². The highest BCUT2D eigenvalue weighted by atomic mass is 32.1. The van der Waals surface area contributed by atoms with E-state index >= 15 is 0 Å². The Balaban J connectivity index is 2.09. The van der Waals surface area contributed by atoms with E-state index in [1.54, 1.807) is 11.3 Å². The molecule has 0 saturated carbocycles. The van der Waals surface area contributed by atoms with Gasteiger partial charge in [0, 0.05) is 10.4 Å². The van der Waals surface area contributed by atoms with Crippen LogP contribution in [0.1, 0.15) is 53.3 Å². The first-order chi connectivity index (χ1) is 12.4. The van der Waals surface area contributed by atoms with Crippen molar-refractivity contribution in [1.82, 2.24) is 0 Å². The molecule has 0 radical (unpaired) electrons. The Morgan fingerprint density at radius 2 is 1.88 bits per heavy atom. The fourth-order valence-electron chi connectivity index (χ4n) is 3.90. The molecule has 5 nitrogen and oxygen atoms in total. The molecule has 3 rings (SSSR count). The number of rotatable bonds is 7. The van der Waals surface area contributed by atoms with E-state index in [4.69, 9.17) is 10.3 Å². The van der Waals surface area contributed by atoms with Crippen LogP contribution in [-0.4, -0.2) is 9.79 Å². The lowest BCUT2D eigenvalue weighted by atomic mass is 9.82. The number of thiophene rings is 1. The van der Waals surface area contributed by atoms with E-state index in [0.717, 1.165) is 62.5 Å². The molecule has 0 saturated heterocycles. The van der Waals surface area contributed by atoms with Gasteiger partial charge in [0.05, 0.1) is 5.69 Å². The quantitative estimate of drug-likeness (QED) is 0.477. The molecule has 0 aliphatic heterocycles. The fraction of sp³-hybridized carbons (Fsp3) is 0.474. The second kappa shape index (κ2) is 8.13. The van der Waals surface area contributed by atoms with Gasteiger partial charge in [-0.3, -0.25) is 9.79 Å². The van der Waals surface area contributed by atoms with Crippen LogP contribution in [0, 0.1) is 0 Å². The highest BCUT2D eigenvalue weighted by Crippen LogP contribution is 2.47. The van der Waals surface area contributed by atoms with Gasteiger partial charge in [0.1, 0.15) is 0 Å². The summed E-state index contributed by atoms with van der Waals surface area (Å²) in [4.78, 5) is 20.0. The number of anilines is 1. The first kappa shape index (κ1) is 19.4. The molecule has 0 amide bonds. The Morgan fingerprint density at radius 1 is 1.15 bits per heavy atom. The zero-order valence-corrected chi connectivity index (χ0v) is 16.7. The summed E-state index contributed by atoms with van der Waals surface area (Å²) in [5.41, 5.74) is 11.2. The van der Waals surface area contributed by atoms with Crippen molar-refractivity contribution in [2.45, 2.75) is 58.3 Å². The highest BCUT2D eigenvalue weighted by molar-refractivity contribution is 7.46. The molecule has 0 fully saturated rings. The van der Waals surface area contributed by atoms with Crippen LogP contribution in [0.5, 0.6) is 5.75 Å². The minimum absolute atomic E-state index is 0.217. The molecule has 1 aromatic carbocycles. The van der Waals surface area contributed by atoms with Crippen LogP contribution in [-0.2, 0) is 36.7 Å². The van der Waals surface area contributed by atoms with Gasteiger partial charge in [-0.25, -0.2) is 4.57 Å². The molecule has 7 heteroatoms. The number of benzene rings is 1. The van der Waals surface area contributed by atoms with Crippen LogP contribution in [0.2, 0.25) is 0 Å². The lowest BCUT2D eigenvalue weighted by molar-refractivity contribution is 0.282. The van der Waals surface area contributed by atoms with E-state index in [2.05, 4.69) is 18.4 Å². The molecular weight excluding hydrogens is 369 g/mol. The van der Waals surface area contributed by atoms with Crippen LogP contribution in [0.25, 0.3) is 0 Å². The maximum Gasteiger partial charge on any atom is 0.524 e. The van der Waals surface area contributed by atoms with Crippen molar-refractivity contribution in [1.29, 1.82) is 0 Å². The molecule has 1 aliphatic carbocycles. The third-order valence-corrected chi connectivity index (χ3v) is 6.31. The fourth-order valence-corrected chi connectivity index (χ4v) is 5.05. The minimum atomic E-state index is -4.66. The molecule has 0 unspecified atom stereocenters. The molecular formula is C19H26NO4PS. The molecule has 1 aliphatic rings. The molecule has 0 atom stereocenters. The third kappa shape index (κ3) is 4.32. The van der Waals surface area contributed by atoms with Gasteiger partial charge >= 0.3 is 7.82 Å². The van der Waals surface area contributed by atoms with Gasteiger partial charge in [0.2, 0.25) is 0 Å². The van der Waals surface area contributed by atoms with Crippen LogP contribution in [0.3, 0.4) is 0 Å². The predicted molar refractivity (Wildman–Crippen MR) is 106 cm³/mol. The van der Waals surface area contributed by atoms with Crippen LogP contribution >= 0.6 is 19.2 Å². The van der Waals surface area contributed by atoms with Crippen molar-refractivity contribution in [3.8, 4) is 5.75 Å². The number of phosphoric ester groups is 1. The van der Waals surface area contributed by atoms with E-state index in [1.165, 1.54) is 16.0 Å². The normalized spacial score (nSPS) is 14.3. The Kier molecular flexibility index (Phi) is 6.08. The second-order valence-electron chi connectivity index (χ2n) is 6.78. The zero-order chi connectivity index (χ0) is 18.7. The topological polar surface area (TPSA) is 92.8 Å². The SMILES string of the molecule is CCCc1c(CCc2cccs2)c(N)c(OP(=O)(O)O)c2c1CCCC2. The number of phosphoric acid groups is 1. The number of aryl methyl sites for hydroxylation is 1. The van der Waals surface area contributed by atoms with Crippen LogP contribution < -0.4 is 10.3 Å². The molecule has 1 heterocycles. The van der Waals surface area contributed by atoms with Crippen molar-refractivity contribution in [3.63, 3.8) is 0 Å². The number of nitrogen functional groups attached to an aromatic ring is 1. The molecule has 142 valence electrons. The summed E-state index contributed by atoms with van der Waals surface area (Å²) in [6.07, 6.45) is 7.33. The zero-order valence-electron chi connectivity index (χ0n) is 15.0. The van der Waals surface area contributed by atoms with Crippen molar-refractivity contribution in [3.05, 3.63) is 44.6 Å². The summed E-state index contributed by atoms with van der Waals surface area (Å²) in [5.74, 6) is 0.217. The molecule has 26 heavy (non-hydrogen) atoms. The van der Waals surface area contributed by atoms with Crippen LogP contribution in [0.4, 0.5) is 5.69 Å². The van der Waals surface area contributed by atoms with Gasteiger partial charge in [-0.2, -0.15) is 0 Å². The van der Waals surface area contributed by atoms with Crippen LogP contribution in [0.15, 0.2) is 17.5 Å². The monoisotopic (exact) mass is 395 g/mol. The van der Waals surface area contributed by atoms with Crippen molar-refractivity contribution < 1.29 is 18.9 Å². The van der Waals surface area contributed by atoms with Crippen molar-refractivity contribution >= 4 is 24.8 Å². The first-order valence-corrected chi connectivity index (χ1v) is 11.5. The van der Waals surface area contributed by atoms with Gasteiger partial charge in [0.25, 0.3) is 0 Å². The summed E-state index contributed by atoms with van der Waals surface area (Å²) in [6.45, 7) is 2.15. The Bertz CT molecular complexity index is 814. The summed E-state index contributed by atoms with van der Waals surface area (Å²) in [7, 11) is -4.66. The summed E-state index contributed by atoms with van der Waals surface area (Å²) < 4.78 is 16.6. The van der Waals surface area contributed by atoms with Crippen molar-refractivity contribution in [2.24, 2.45) is 0 Å². The molecule has 0 spiro atoms. The summed E-state index contributed by atoms with van der Waals surface area (Å²) in [6, 6.07) is 4.14. The minimum Gasteiger partial charge on any atom is -0.402 e. The number of nitrogens with two attached hydrogens (primary N) is 1. The summed E-state index contributed by atoms with van der Waals surface area (Å²) in [5, 5.41) is 2.06. The average Bonchev–Trinajstić information content (AvgIpc) is 3.10. The van der Waals surface area contributed by atoms with E-state index in [-0.39, 0.29) is 5.75 Å². The Morgan fingerprint density at radius 3 is 2.50 bits per heavy atom. The predicted octanol–water partition coefficient (Wildman–Crippen LogP) is 4.42. The largest absolute Gasteiger partial charge is 0.524 e. The van der Waals surface area contributed by atoms with Gasteiger partial charge in [-0.05, 0) is 73.1 Å². The third-order valence-electron chi connectivity index (χ3n) is 4.95. The van der Waals surface area contributed by atoms with E-state index < -0.39 is 7.82 Å². The lowest BCUT2D eigenvalue weighted by Crippen LogP contribution is -2.15. The molecule has 0 bridgehead atoms. The highest BCUT2D eigenvalue weighted by Gasteiger charge is 2.28. The van der Waals surface area contributed by atoms with Gasteiger partial charge in [-0.15, -0.1) is 11.3 Å². The summed E-state index contributed by atoms with van der Waals surface area (Å²) >= 11 is 1.71. The number of fused-ring (bicyclic) bond motifs is 1. The lowest BCUT2D eigenvalue weighted by Gasteiger charge is -2.27. The van der Waals surface area contributed by atoms with Gasteiger partial charge in [0.15, 0.2) is 5.75 Å². The Hall–Kier alpha value is -1.33. The average molecular weight is 395 g/mol. The smallest absolute Gasteiger partial charge is 0.402 e. The van der Waals surface area contributed by atoms with E-state index in [0.29, 0.717) is 5.69 Å². The Labute approximate surface area is 158 Å². The second-order valence-corrected chi connectivity index (χ2v) is 8.97.